The first-order chi connectivity index (χ1) is 18.8. The van der Waals surface area contributed by atoms with E-state index in [2.05, 4.69) is 114 Å². The van der Waals surface area contributed by atoms with E-state index in [1.807, 2.05) is 17.4 Å². The van der Waals surface area contributed by atoms with Gasteiger partial charge in [-0.3, -0.25) is 4.57 Å². The van der Waals surface area contributed by atoms with Gasteiger partial charge in [0, 0.05) is 41.9 Å². The summed E-state index contributed by atoms with van der Waals surface area (Å²) in [4.78, 5) is 10.4. The Morgan fingerprint density at radius 3 is 1.82 bits per heavy atom. The standard InChI is InChI=1S/C34H19N3S/c1-2-8-22(9-3-1)33-23-12-4-5-13-24(23)35-34(36-33)37-25-18-16-20-10-6-14-27-29(20)31(25)32-26(37)19-17-21-11-7-15-28(38-27)30(21)32/h1-19H. The summed E-state index contributed by atoms with van der Waals surface area (Å²) >= 11 is 1.87. The molecule has 0 fully saturated rings. The minimum absolute atomic E-state index is 0.699. The van der Waals surface area contributed by atoms with Crippen molar-refractivity contribution in [1.29, 1.82) is 0 Å². The van der Waals surface area contributed by atoms with E-state index in [1.54, 1.807) is 0 Å². The Labute approximate surface area is 221 Å². The van der Waals surface area contributed by atoms with Gasteiger partial charge < -0.3 is 0 Å². The van der Waals surface area contributed by atoms with Crippen LogP contribution in [0.15, 0.2) is 115 Å². The van der Waals surface area contributed by atoms with Crippen LogP contribution in [0.1, 0.15) is 0 Å². The second-order valence-electron chi connectivity index (χ2n) is 9.82. The first-order valence-electron chi connectivity index (χ1n) is 12.8. The summed E-state index contributed by atoms with van der Waals surface area (Å²) in [6.07, 6.45) is 0. The van der Waals surface area contributed by atoms with Gasteiger partial charge in [0.05, 0.1) is 22.2 Å². The zero-order valence-electron chi connectivity index (χ0n) is 20.2. The Kier molecular flexibility index (Phi) is 3.93. The lowest BCUT2D eigenvalue weighted by Gasteiger charge is -2.12. The van der Waals surface area contributed by atoms with Crippen molar-refractivity contribution in [3.05, 3.63) is 115 Å². The topological polar surface area (TPSA) is 30.7 Å². The van der Waals surface area contributed by atoms with Crippen LogP contribution in [-0.4, -0.2) is 14.5 Å². The summed E-state index contributed by atoms with van der Waals surface area (Å²) in [6, 6.07) is 41.0. The monoisotopic (exact) mass is 501 g/mol. The van der Waals surface area contributed by atoms with Crippen LogP contribution in [0.3, 0.4) is 0 Å². The molecule has 6 aromatic carbocycles. The van der Waals surface area contributed by atoms with Crippen molar-refractivity contribution >= 4 is 75.0 Å². The molecule has 0 aliphatic carbocycles. The molecule has 3 heterocycles. The van der Waals surface area contributed by atoms with Crippen molar-refractivity contribution in [2.75, 3.05) is 0 Å². The molecule has 0 spiro atoms. The van der Waals surface area contributed by atoms with Gasteiger partial charge in [-0.15, -0.1) is 11.3 Å². The normalized spacial score (nSPS) is 12.2. The smallest absolute Gasteiger partial charge is 0.235 e. The molecule has 3 nitrogen and oxygen atoms in total. The largest absolute Gasteiger partial charge is 0.278 e. The molecule has 0 aliphatic rings. The first-order valence-corrected chi connectivity index (χ1v) is 13.6. The highest BCUT2D eigenvalue weighted by atomic mass is 32.1. The van der Waals surface area contributed by atoms with Crippen LogP contribution in [0.25, 0.3) is 80.9 Å². The molecule has 0 unspecified atom stereocenters. The Morgan fingerprint density at radius 2 is 1.13 bits per heavy atom. The number of aromatic nitrogens is 3. The van der Waals surface area contributed by atoms with E-state index in [4.69, 9.17) is 9.97 Å². The van der Waals surface area contributed by atoms with Crippen LogP contribution >= 0.6 is 11.3 Å². The zero-order chi connectivity index (χ0) is 24.8. The summed E-state index contributed by atoms with van der Waals surface area (Å²) in [7, 11) is 0. The van der Waals surface area contributed by atoms with Gasteiger partial charge in [0.25, 0.3) is 0 Å². The van der Waals surface area contributed by atoms with E-state index in [0.29, 0.717) is 5.95 Å². The summed E-state index contributed by atoms with van der Waals surface area (Å²) in [5.74, 6) is 0.699. The van der Waals surface area contributed by atoms with Crippen LogP contribution in [0.2, 0.25) is 0 Å². The van der Waals surface area contributed by atoms with Gasteiger partial charge in [-0.1, -0.05) is 84.9 Å². The Hall–Kier alpha value is -4.80. The highest BCUT2D eigenvalue weighted by Crippen LogP contribution is 2.46. The van der Waals surface area contributed by atoms with Crippen LogP contribution in [0.4, 0.5) is 0 Å². The van der Waals surface area contributed by atoms with Gasteiger partial charge in [0.1, 0.15) is 0 Å². The highest BCUT2D eigenvalue weighted by Gasteiger charge is 2.22. The Balaban J connectivity index is 1.52. The lowest BCUT2D eigenvalue weighted by molar-refractivity contribution is 1.01. The van der Waals surface area contributed by atoms with Crippen LogP contribution in [0, 0.1) is 0 Å². The molecular formula is C34H19N3S. The second-order valence-corrected chi connectivity index (χ2v) is 10.9. The fourth-order valence-corrected chi connectivity index (χ4v) is 7.34. The average molecular weight is 502 g/mol. The number of rotatable bonds is 2. The molecule has 0 atom stereocenters. The number of nitrogens with zero attached hydrogens (tertiary/aromatic N) is 3. The lowest BCUT2D eigenvalue weighted by Crippen LogP contribution is -2.03. The fraction of sp³-hybridized carbons (Fsp3) is 0. The number of fused-ring (bicyclic) bond motifs is 1. The minimum Gasteiger partial charge on any atom is -0.278 e. The third-order valence-corrected chi connectivity index (χ3v) is 8.88. The molecule has 0 N–H and O–H groups in total. The van der Waals surface area contributed by atoms with Crippen molar-refractivity contribution in [1.82, 2.24) is 14.5 Å². The summed E-state index contributed by atoms with van der Waals surface area (Å²) < 4.78 is 4.85. The zero-order valence-corrected chi connectivity index (χ0v) is 21.0. The van der Waals surface area contributed by atoms with Crippen LogP contribution < -0.4 is 0 Å². The van der Waals surface area contributed by atoms with Gasteiger partial charge in [0.15, 0.2) is 0 Å². The minimum atomic E-state index is 0.699. The molecule has 176 valence electrons. The van der Waals surface area contributed by atoms with E-state index in [1.165, 1.54) is 41.7 Å². The fourth-order valence-electron chi connectivity index (χ4n) is 6.16. The summed E-state index contributed by atoms with van der Waals surface area (Å²) in [5.41, 5.74) is 5.26. The quantitative estimate of drug-likeness (QED) is 0.236. The molecule has 0 saturated heterocycles. The maximum absolute atomic E-state index is 5.26. The second kappa shape index (κ2) is 7.37. The number of hydrogen-bond acceptors (Lipinski definition) is 3. The van der Waals surface area contributed by atoms with Crippen molar-refractivity contribution < 1.29 is 0 Å². The van der Waals surface area contributed by atoms with Crippen LogP contribution in [0.5, 0.6) is 0 Å². The van der Waals surface area contributed by atoms with E-state index in [0.717, 1.165) is 33.2 Å². The molecule has 0 bridgehead atoms. The number of benzene rings is 6. The molecule has 9 aromatic rings. The maximum atomic E-state index is 5.26. The predicted molar refractivity (Wildman–Crippen MR) is 161 cm³/mol. The van der Waals surface area contributed by atoms with Crippen molar-refractivity contribution in [3.63, 3.8) is 0 Å². The summed E-state index contributed by atoms with van der Waals surface area (Å²) in [6.45, 7) is 0. The Morgan fingerprint density at radius 1 is 0.500 bits per heavy atom. The number of hydrogen-bond donors (Lipinski definition) is 0. The molecule has 4 heteroatoms. The van der Waals surface area contributed by atoms with Crippen LogP contribution in [-0.2, 0) is 0 Å². The predicted octanol–water partition coefficient (Wildman–Crippen LogP) is 9.35. The molecule has 0 aliphatic heterocycles. The van der Waals surface area contributed by atoms with Crippen molar-refractivity contribution in [2.24, 2.45) is 0 Å². The molecule has 0 saturated carbocycles. The average Bonchev–Trinajstić information content (AvgIpc) is 3.23. The SMILES string of the molecule is c1ccc(-c2nc(-n3c4ccc5cccc6sc7cccc8ccc3c(c87)c4c56)nc3ccccc23)cc1. The van der Waals surface area contributed by atoms with Gasteiger partial charge in [-0.2, -0.15) is 0 Å². The van der Waals surface area contributed by atoms with Gasteiger partial charge in [0.2, 0.25) is 5.95 Å². The number of para-hydroxylation sites is 1. The van der Waals surface area contributed by atoms with Gasteiger partial charge in [-0.25, -0.2) is 9.97 Å². The maximum Gasteiger partial charge on any atom is 0.235 e. The molecule has 3 aromatic heterocycles. The van der Waals surface area contributed by atoms with Gasteiger partial charge >= 0.3 is 0 Å². The van der Waals surface area contributed by atoms with E-state index >= 15 is 0 Å². The third-order valence-electron chi connectivity index (χ3n) is 7.76. The van der Waals surface area contributed by atoms with E-state index in [-0.39, 0.29) is 0 Å². The molecule has 38 heavy (non-hydrogen) atoms. The van der Waals surface area contributed by atoms with Crippen molar-refractivity contribution in [2.45, 2.75) is 0 Å². The summed E-state index contributed by atoms with van der Waals surface area (Å²) in [5, 5.41) is 8.77. The van der Waals surface area contributed by atoms with E-state index < -0.39 is 0 Å². The first kappa shape index (κ1) is 20.3. The van der Waals surface area contributed by atoms with Crippen molar-refractivity contribution in [3.8, 4) is 17.2 Å². The van der Waals surface area contributed by atoms with E-state index in [9.17, 15) is 0 Å². The third kappa shape index (κ3) is 2.62. The molecule has 0 amide bonds. The highest BCUT2D eigenvalue weighted by molar-refractivity contribution is 7.24. The Bertz CT molecular complexity index is 2240. The van der Waals surface area contributed by atoms with Gasteiger partial charge in [-0.05, 0) is 41.1 Å². The lowest BCUT2D eigenvalue weighted by atomic mass is 10.00. The molecule has 0 radical (unpaired) electrons. The molecular weight excluding hydrogens is 482 g/mol. The molecule has 9 rings (SSSR count).